The lowest BCUT2D eigenvalue weighted by molar-refractivity contribution is 0.457. The summed E-state index contributed by atoms with van der Waals surface area (Å²) in [6.07, 6.45) is 1.34. The SMILES string of the molecule is Cc1c(Cl)ncnc1Oc1ccc(Cl)c(Cl)c1. The van der Waals surface area contributed by atoms with Crippen molar-refractivity contribution in [2.24, 2.45) is 0 Å². The van der Waals surface area contributed by atoms with Gasteiger partial charge in [0, 0.05) is 11.6 Å². The molecule has 1 heterocycles. The molecule has 0 N–H and O–H groups in total. The quantitative estimate of drug-likeness (QED) is 0.761. The second-order valence-corrected chi connectivity index (χ2v) is 4.45. The van der Waals surface area contributed by atoms with E-state index in [1.807, 2.05) is 0 Å². The fraction of sp³-hybridized carbons (Fsp3) is 0.0909. The van der Waals surface area contributed by atoms with Crippen LogP contribution in [0.5, 0.6) is 11.6 Å². The van der Waals surface area contributed by atoms with Gasteiger partial charge in [0.2, 0.25) is 5.88 Å². The van der Waals surface area contributed by atoms with Gasteiger partial charge in [0.1, 0.15) is 17.2 Å². The molecule has 6 heteroatoms. The fourth-order valence-electron chi connectivity index (χ4n) is 1.17. The van der Waals surface area contributed by atoms with Gasteiger partial charge in [-0.2, -0.15) is 0 Å². The van der Waals surface area contributed by atoms with Crippen molar-refractivity contribution in [3.8, 4) is 11.6 Å². The summed E-state index contributed by atoms with van der Waals surface area (Å²) in [5.41, 5.74) is 0.667. The van der Waals surface area contributed by atoms with Crippen LogP contribution in [0.4, 0.5) is 0 Å². The predicted octanol–water partition coefficient (Wildman–Crippen LogP) is 4.54. The molecular formula is C11H7Cl3N2O. The summed E-state index contributed by atoms with van der Waals surface area (Å²) in [7, 11) is 0. The van der Waals surface area contributed by atoms with E-state index in [9.17, 15) is 0 Å². The minimum atomic E-state index is 0.357. The molecule has 3 nitrogen and oxygen atoms in total. The summed E-state index contributed by atoms with van der Waals surface area (Å²) < 4.78 is 5.55. The fourth-order valence-corrected chi connectivity index (χ4v) is 1.58. The highest BCUT2D eigenvalue weighted by molar-refractivity contribution is 6.42. The molecule has 0 saturated heterocycles. The van der Waals surface area contributed by atoms with Crippen molar-refractivity contribution in [3.05, 3.63) is 45.3 Å². The number of aromatic nitrogens is 2. The van der Waals surface area contributed by atoms with Crippen LogP contribution in [0.2, 0.25) is 15.2 Å². The van der Waals surface area contributed by atoms with E-state index >= 15 is 0 Å². The first kappa shape index (κ1) is 12.4. The minimum absolute atomic E-state index is 0.357. The smallest absolute Gasteiger partial charge is 0.226 e. The summed E-state index contributed by atoms with van der Waals surface area (Å²) >= 11 is 17.5. The molecule has 2 rings (SSSR count). The molecule has 0 amide bonds. The Balaban J connectivity index is 2.31. The maximum Gasteiger partial charge on any atom is 0.226 e. The van der Waals surface area contributed by atoms with Gasteiger partial charge in [0.25, 0.3) is 0 Å². The normalized spacial score (nSPS) is 10.4. The predicted molar refractivity (Wildman–Crippen MR) is 68.3 cm³/mol. The van der Waals surface area contributed by atoms with Gasteiger partial charge >= 0.3 is 0 Å². The molecule has 0 unspecified atom stereocenters. The van der Waals surface area contributed by atoms with E-state index in [2.05, 4.69) is 9.97 Å². The van der Waals surface area contributed by atoms with Crippen molar-refractivity contribution in [1.82, 2.24) is 9.97 Å². The van der Waals surface area contributed by atoms with Crippen LogP contribution in [0.1, 0.15) is 5.56 Å². The number of hydrogen-bond acceptors (Lipinski definition) is 3. The topological polar surface area (TPSA) is 35.0 Å². The van der Waals surface area contributed by atoms with Crippen LogP contribution in [0, 0.1) is 6.92 Å². The number of benzene rings is 1. The summed E-state index contributed by atoms with van der Waals surface area (Å²) in [6.45, 7) is 1.77. The lowest BCUT2D eigenvalue weighted by Crippen LogP contribution is -1.93. The Hall–Kier alpha value is -1.03. The molecule has 2 aromatic rings. The van der Waals surface area contributed by atoms with Crippen LogP contribution >= 0.6 is 34.8 Å². The highest BCUT2D eigenvalue weighted by Crippen LogP contribution is 2.30. The zero-order chi connectivity index (χ0) is 12.4. The standard InChI is InChI=1S/C11H7Cl3N2O/c1-6-10(14)15-5-16-11(6)17-7-2-3-8(12)9(13)4-7/h2-5H,1H3. The van der Waals surface area contributed by atoms with E-state index < -0.39 is 0 Å². The Bertz CT molecular complexity index is 560. The highest BCUT2D eigenvalue weighted by Gasteiger charge is 2.08. The Labute approximate surface area is 113 Å². The van der Waals surface area contributed by atoms with Gasteiger partial charge < -0.3 is 4.74 Å². The van der Waals surface area contributed by atoms with Crippen molar-refractivity contribution in [2.45, 2.75) is 6.92 Å². The summed E-state index contributed by atoms with van der Waals surface area (Å²) in [6, 6.07) is 4.96. The molecule has 0 spiro atoms. The van der Waals surface area contributed by atoms with E-state index in [0.29, 0.717) is 32.4 Å². The Morgan fingerprint density at radius 1 is 1.06 bits per heavy atom. The average Bonchev–Trinajstić information content (AvgIpc) is 2.30. The molecule has 17 heavy (non-hydrogen) atoms. The zero-order valence-corrected chi connectivity index (χ0v) is 11.0. The lowest BCUT2D eigenvalue weighted by atomic mass is 10.3. The Kier molecular flexibility index (Phi) is 3.72. The van der Waals surface area contributed by atoms with Gasteiger partial charge in [-0.3, -0.25) is 0 Å². The molecule has 0 atom stereocenters. The third kappa shape index (κ3) is 2.80. The molecule has 0 aliphatic rings. The Morgan fingerprint density at radius 3 is 2.53 bits per heavy atom. The van der Waals surface area contributed by atoms with E-state index in [4.69, 9.17) is 39.5 Å². The second-order valence-electron chi connectivity index (χ2n) is 3.27. The van der Waals surface area contributed by atoms with E-state index in [0.717, 1.165) is 0 Å². The average molecular weight is 290 g/mol. The molecule has 0 aliphatic heterocycles. The number of ether oxygens (including phenoxy) is 1. The molecule has 0 bridgehead atoms. The first-order valence-corrected chi connectivity index (χ1v) is 5.81. The van der Waals surface area contributed by atoms with E-state index in [1.165, 1.54) is 6.33 Å². The number of hydrogen-bond donors (Lipinski definition) is 0. The van der Waals surface area contributed by atoms with Gasteiger partial charge in [-0.1, -0.05) is 34.8 Å². The Morgan fingerprint density at radius 2 is 1.82 bits per heavy atom. The highest BCUT2D eigenvalue weighted by atomic mass is 35.5. The van der Waals surface area contributed by atoms with Gasteiger partial charge in [-0.15, -0.1) is 0 Å². The minimum Gasteiger partial charge on any atom is -0.439 e. The molecule has 0 aliphatic carbocycles. The first-order valence-electron chi connectivity index (χ1n) is 4.68. The molecular weight excluding hydrogens is 282 g/mol. The van der Waals surface area contributed by atoms with Crippen LogP contribution in [0.15, 0.2) is 24.5 Å². The lowest BCUT2D eigenvalue weighted by Gasteiger charge is -2.08. The van der Waals surface area contributed by atoms with Gasteiger partial charge in [-0.05, 0) is 19.1 Å². The van der Waals surface area contributed by atoms with Gasteiger partial charge in [-0.25, -0.2) is 9.97 Å². The number of nitrogens with zero attached hydrogens (tertiary/aromatic N) is 2. The monoisotopic (exact) mass is 288 g/mol. The van der Waals surface area contributed by atoms with Crippen molar-refractivity contribution >= 4 is 34.8 Å². The van der Waals surface area contributed by atoms with Crippen molar-refractivity contribution in [2.75, 3.05) is 0 Å². The second kappa shape index (κ2) is 5.08. The van der Waals surface area contributed by atoms with Crippen LogP contribution < -0.4 is 4.74 Å². The van der Waals surface area contributed by atoms with Crippen LogP contribution in [0.3, 0.4) is 0 Å². The molecule has 0 fully saturated rings. The number of halogens is 3. The molecule has 1 aromatic carbocycles. The molecule has 0 radical (unpaired) electrons. The van der Waals surface area contributed by atoms with Crippen LogP contribution in [0.25, 0.3) is 0 Å². The zero-order valence-electron chi connectivity index (χ0n) is 8.75. The molecule has 0 saturated carbocycles. The van der Waals surface area contributed by atoms with Crippen LogP contribution in [-0.4, -0.2) is 9.97 Å². The first-order chi connectivity index (χ1) is 8.08. The third-order valence-electron chi connectivity index (χ3n) is 2.08. The van der Waals surface area contributed by atoms with Crippen molar-refractivity contribution in [3.63, 3.8) is 0 Å². The third-order valence-corrected chi connectivity index (χ3v) is 3.20. The molecule has 1 aromatic heterocycles. The van der Waals surface area contributed by atoms with Crippen molar-refractivity contribution < 1.29 is 4.74 Å². The maximum atomic E-state index is 5.88. The van der Waals surface area contributed by atoms with Gasteiger partial charge in [0.05, 0.1) is 10.0 Å². The van der Waals surface area contributed by atoms with E-state index in [-0.39, 0.29) is 0 Å². The largest absolute Gasteiger partial charge is 0.439 e. The number of rotatable bonds is 2. The summed E-state index contributed by atoms with van der Waals surface area (Å²) in [4.78, 5) is 7.83. The maximum absolute atomic E-state index is 5.88. The van der Waals surface area contributed by atoms with E-state index in [1.54, 1.807) is 25.1 Å². The summed E-state index contributed by atoms with van der Waals surface area (Å²) in [5, 5.41) is 1.24. The van der Waals surface area contributed by atoms with Crippen molar-refractivity contribution in [1.29, 1.82) is 0 Å². The molecule has 88 valence electrons. The van der Waals surface area contributed by atoms with Crippen LogP contribution in [-0.2, 0) is 0 Å². The van der Waals surface area contributed by atoms with Gasteiger partial charge in [0.15, 0.2) is 0 Å². The summed E-state index contributed by atoms with van der Waals surface area (Å²) in [5.74, 6) is 0.931.